The first-order valence-electron chi connectivity index (χ1n) is 7.89. The van der Waals surface area contributed by atoms with Gasteiger partial charge in [0.25, 0.3) is 5.91 Å². The Bertz CT molecular complexity index is 786. The molecule has 2 rings (SSSR count). The van der Waals surface area contributed by atoms with Crippen LogP contribution < -0.4 is 5.32 Å². The maximum Gasteiger partial charge on any atom is 0.350 e. The van der Waals surface area contributed by atoms with Crippen molar-refractivity contribution in [2.24, 2.45) is 0 Å². The molecule has 2 aromatic rings. The second-order valence-electron chi connectivity index (χ2n) is 6.60. The van der Waals surface area contributed by atoms with Crippen molar-refractivity contribution in [1.29, 1.82) is 0 Å². The summed E-state index contributed by atoms with van der Waals surface area (Å²) in [4.78, 5) is 28.9. The Morgan fingerprint density at radius 2 is 1.92 bits per heavy atom. The summed E-state index contributed by atoms with van der Waals surface area (Å²) in [6.07, 6.45) is 1.50. The molecule has 6 heteroatoms. The van der Waals surface area contributed by atoms with Crippen molar-refractivity contribution in [3.8, 4) is 0 Å². The van der Waals surface area contributed by atoms with Crippen LogP contribution in [0.4, 0.5) is 5.13 Å². The van der Waals surface area contributed by atoms with E-state index in [9.17, 15) is 9.59 Å². The molecule has 0 aliphatic rings. The topological polar surface area (TPSA) is 68.3 Å². The van der Waals surface area contributed by atoms with Gasteiger partial charge in [-0.25, -0.2) is 9.78 Å². The van der Waals surface area contributed by atoms with Crippen molar-refractivity contribution in [3.63, 3.8) is 0 Å². The highest BCUT2D eigenvalue weighted by Gasteiger charge is 2.19. The zero-order chi connectivity index (χ0) is 18.6. The average Bonchev–Trinajstić information content (AvgIpc) is 2.92. The van der Waals surface area contributed by atoms with Gasteiger partial charge in [0, 0.05) is 5.56 Å². The van der Waals surface area contributed by atoms with E-state index in [1.54, 1.807) is 19.1 Å². The van der Waals surface area contributed by atoms with Gasteiger partial charge in [0.15, 0.2) is 5.13 Å². The SMILES string of the molecule is C=CCOC(=O)c1sc(NC(=O)c2ccc(C(C)(C)C)cc2)nc1C. The lowest BCUT2D eigenvalue weighted by atomic mass is 9.87. The molecule has 0 spiro atoms. The quantitative estimate of drug-likeness (QED) is 0.637. The zero-order valence-electron chi connectivity index (χ0n) is 14.9. The van der Waals surface area contributed by atoms with Crippen LogP contribution in [0.3, 0.4) is 0 Å². The summed E-state index contributed by atoms with van der Waals surface area (Å²) in [6, 6.07) is 7.46. The van der Waals surface area contributed by atoms with Crippen molar-refractivity contribution < 1.29 is 14.3 Å². The molecule has 1 aromatic heterocycles. The van der Waals surface area contributed by atoms with E-state index in [0.29, 0.717) is 21.3 Å². The molecule has 0 bridgehead atoms. The number of ether oxygens (including phenoxy) is 1. The fraction of sp³-hybridized carbons (Fsp3) is 0.316. The minimum absolute atomic E-state index is 0.0299. The van der Waals surface area contributed by atoms with Crippen molar-refractivity contribution in [3.05, 3.63) is 58.6 Å². The van der Waals surface area contributed by atoms with Crippen LogP contribution in [0.5, 0.6) is 0 Å². The van der Waals surface area contributed by atoms with Gasteiger partial charge >= 0.3 is 5.97 Å². The molecule has 1 N–H and O–H groups in total. The van der Waals surface area contributed by atoms with Crippen LogP contribution in [-0.2, 0) is 10.2 Å². The first-order chi connectivity index (χ1) is 11.7. The number of esters is 1. The van der Waals surface area contributed by atoms with E-state index in [4.69, 9.17) is 4.74 Å². The number of nitrogens with zero attached hydrogens (tertiary/aromatic N) is 1. The predicted molar refractivity (Wildman–Crippen MR) is 100 cm³/mol. The monoisotopic (exact) mass is 358 g/mol. The maximum absolute atomic E-state index is 12.4. The second-order valence-corrected chi connectivity index (χ2v) is 7.60. The maximum atomic E-state index is 12.4. The summed E-state index contributed by atoms with van der Waals surface area (Å²) >= 11 is 1.10. The summed E-state index contributed by atoms with van der Waals surface area (Å²) in [5.74, 6) is -0.731. The summed E-state index contributed by atoms with van der Waals surface area (Å²) in [5, 5.41) is 3.10. The van der Waals surface area contributed by atoms with Gasteiger partial charge < -0.3 is 4.74 Å². The molecule has 0 aliphatic heterocycles. The van der Waals surface area contributed by atoms with Crippen LogP contribution in [0.1, 0.15) is 52.1 Å². The largest absolute Gasteiger partial charge is 0.457 e. The fourth-order valence-electron chi connectivity index (χ4n) is 2.13. The first-order valence-corrected chi connectivity index (χ1v) is 8.71. The molecule has 1 heterocycles. The van der Waals surface area contributed by atoms with E-state index in [-0.39, 0.29) is 17.9 Å². The van der Waals surface area contributed by atoms with Gasteiger partial charge in [-0.2, -0.15) is 0 Å². The third-order valence-corrected chi connectivity index (χ3v) is 4.60. The van der Waals surface area contributed by atoms with Crippen molar-refractivity contribution in [1.82, 2.24) is 4.98 Å². The molecule has 0 unspecified atom stereocenters. The van der Waals surface area contributed by atoms with Crippen LogP contribution in [0.25, 0.3) is 0 Å². The van der Waals surface area contributed by atoms with E-state index in [1.807, 2.05) is 12.1 Å². The fourth-order valence-corrected chi connectivity index (χ4v) is 2.99. The molecule has 1 aromatic carbocycles. The molecule has 25 heavy (non-hydrogen) atoms. The Morgan fingerprint density at radius 1 is 1.28 bits per heavy atom. The molecular weight excluding hydrogens is 336 g/mol. The van der Waals surface area contributed by atoms with E-state index in [2.05, 4.69) is 37.7 Å². The Labute approximate surface area is 151 Å². The number of hydrogen-bond donors (Lipinski definition) is 1. The number of carbonyl (C=O) groups is 2. The standard InChI is InChI=1S/C19H22N2O3S/c1-6-11-24-17(23)15-12(2)20-18(25-15)21-16(22)13-7-9-14(10-8-13)19(3,4)5/h6-10H,1,11H2,2-5H3,(H,20,21,22). The Morgan fingerprint density at radius 3 is 2.48 bits per heavy atom. The smallest absolute Gasteiger partial charge is 0.350 e. The number of thiazole rings is 1. The van der Waals surface area contributed by atoms with Gasteiger partial charge in [0.05, 0.1) is 5.69 Å². The Kier molecular flexibility index (Phi) is 5.74. The van der Waals surface area contributed by atoms with Gasteiger partial charge in [0.1, 0.15) is 11.5 Å². The van der Waals surface area contributed by atoms with Crippen molar-refractivity contribution in [2.45, 2.75) is 33.1 Å². The van der Waals surface area contributed by atoms with Gasteiger partial charge in [-0.3, -0.25) is 10.1 Å². The number of carbonyl (C=O) groups excluding carboxylic acids is 2. The van der Waals surface area contributed by atoms with Gasteiger partial charge in [-0.15, -0.1) is 0 Å². The molecule has 0 aliphatic carbocycles. The number of aryl methyl sites for hydroxylation is 1. The highest BCUT2D eigenvalue weighted by molar-refractivity contribution is 7.17. The Balaban J connectivity index is 2.10. The number of anilines is 1. The van der Waals surface area contributed by atoms with Crippen molar-refractivity contribution >= 4 is 28.3 Å². The highest BCUT2D eigenvalue weighted by Crippen LogP contribution is 2.25. The Hall–Kier alpha value is -2.47. The molecule has 0 saturated heterocycles. The van der Waals surface area contributed by atoms with E-state index in [0.717, 1.165) is 16.9 Å². The van der Waals surface area contributed by atoms with Crippen LogP contribution >= 0.6 is 11.3 Å². The van der Waals surface area contributed by atoms with E-state index in [1.165, 1.54) is 6.08 Å². The van der Waals surface area contributed by atoms with Crippen molar-refractivity contribution in [2.75, 3.05) is 11.9 Å². The van der Waals surface area contributed by atoms with E-state index >= 15 is 0 Å². The number of rotatable bonds is 5. The third kappa shape index (κ3) is 4.76. The van der Waals surface area contributed by atoms with Crippen LogP contribution in [0, 0.1) is 6.92 Å². The summed E-state index contributed by atoms with van der Waals surface area (Å²) in [5.41, 5.74) is 2.25. The molecule has 0 radical (unpaired) electrons. The number of hydrogen-bond acceptors (Lipinski definition) is 5. The van der Waals surface area contributed by atoms with Crippen LogP contribution in [0.15, 0.2) is 36.9 Å². The molecule has 0 saturated carbocycles. The summed E-state index contributed by atoms with van der Waals surface area (Å²) in [6.45, 7) is 11.7. The first kappa shape index (κ1) is 18.9. The summed E-state index contributed by atoms with van der Waals surface area (Å²) in [7, 11) is 0. The second kappa shape index (κ2) is 7.61. The predicted octanol–water partition coefficient (Wildman–Crippen LogP) is 4.34. The molecule has 0 atom stereocenters. The number of benzene rings is 1. The molecule has 5 nitrogen and oxygen atoms in total. The lowest BCUT2D eigenvalue weighted by molar-refractivity contribution is 0.0554. The third-order valence-electron chi connectivity index (χ3n) is 3.55. The number of nitrogens with one attached hydrogen (secondary N) is 1. The average molecular weight is 358 g/mol. The van der Waals surface area contributed by atoms with Crippen LogP contribution in [-0.4, -0.2) is 23.5 Å². The number of amides is 1. The van der Waals surface area contributed by atoms with Gasteiger partial charge in [0.2, 0.25) is 0 Å². The molecule has 132 valence electrons. The summed E-state index contributed by atoms with van der Waals surface area (Å²) < 4.78 is 5.01. The minimum Gasteiger partial charge on any atom is -0.457 e. The lowest BCUT2D eigenvalue weighted by Crippen LogP contribution is -2.14. The van der Waals surface area contributed by atoms with Crippen LogP contribution in [0.2, 0.25) is 0 Å². The van der Waals surface area contributed by atoms with E-state index < -0.39 is 5.97 Å². The minimum atomic E-state index is -0.468. The molecule has 1 amide bonds. The molecular formula is C19H22N2O3S. The normalized spacial score (nSPS) is 11.0. The lowest BCUT2D eigenvalue weighted by Gasteiger charge is -2.18. The number of aromatic nitrogens is 1. The zero-order valence-corrected chi connectivity index (χ0v) is 15.7. The van der Waals surface area contributed by atoms with Gasteiger partial charge in [-0.05, 0) is 30.0 Å². The highest BCUT2D eigenvalue weighted by atomic mass is 32.1. The van der Waals surface area contributed by atoms with Gasteiger partial charge in [-0.1, -0.05) is 56.9 Å². The molecule has 0 fully saturated rings.